The molecule has 0 bridgehead atoms. The van der Waals surface area contributed by atoms with Crippen LogP contribution in [0, 0.1) is 13.8 Å². The molecule has 4 aromatic rings. The topological polar surface area (TPSA) is 131 Å². The van der Waals surface area contributed by atoms with Crippen molar-refractivity contribution in [3.05, 3.63) is 96.2 Å². The number of aryl methyl sites for hydroxylation is 2. The Morgan fingerprint density at radius 1 is 1.05 bits per heavy atom. The van der Waals surface area contributed by atoms with E-state index in [4.69, 9.17) is 23.7 Å². The van der Waals surface area contributed by atoms with Crippen LogP contribution in [0.15, 0.2) is 62.6 Å². The van der Waals surface area contributed by atoms with E-state index < -0.39 is 22.9 Å². The second-order valence-corrected chi connectivity index (χ2v) is 9.44. The van der Waals surface area contributed by atoms with Crippen molar-refractivity contribution in [2.75, 3.05) is 13.9 Å². The van der Waals surface area contributed by atoms with Gasteiger partial charge in [0.05, 0.1) is 17.3 Å². The van der Waals surface area contributed by atoms with Crippen molar-refractivity contribution in [3.63, 3.8) is 0 Å². The number of benzene rings is 3. The molecule has 1 aliphatic heterocycles. The average Bonchev–Trinajstić information content (AvgIpc) is 3.37. The van der Waals surface area contributed by atoms with Crippen molar-refractivity contribution in [2.45, 2.75) is 20.5 Å². The van der Waals surface area contributed by atoms with E-state index in [0.717, 1.165) is 9.15 Å². The average molecular weight is 596 g/mol. The number of nitrogens with one attached hydrogen (secondary N) is 1. The fraction of sp³-hybridized carbons (Fsp3) is 0.185. The fourth-order valence-electron chi connectivity index (χ4n) is 4.00. The summed E-state index contributed by atoms with van der Waals surface area (Å²) >= 11 is 3.44. The molecule has 0 radical (unpaired) electrons. The quantitative estimate of drug-likeness (QED) is 0.312. The number of ether oxygens (including phenoxy) is 5. The predicted octanol–water partition coefficient (Wildman–Crippen LogP) is 4.19. The molecule has 39 heavy (non-hydrogen) atoms. The van der Waals surface area contributed by atoms with Gasteiger partial charge in [-0.25, -0.2) is 9.59 Å². The second-order valence-electron chi connectivity index (χ2n) is 8.59. The number of H-pyrrole nitrogens is 1. The third-order valence-electron chi connectivity index (χ3n) is 5.86. The standard InChI is InChI=1S/C27H22BrN3O8/c1-14-8-17(9-15(2)24(14)39-18-5-7-20(35-3)19(28)11-18)31-27(34)29-25(32)23(30-31)26(33)36-12-16-4-6-21-22(10-16)38-13-37-21/h4-11H,12-13H2,1-3H3,(H,29,32,34). The molecule has 0 unspecified atom stereocenters. The molecule has 11 nitrogen and oxygen atoms in total. The Morgan fingerprint density at radius 3 is 2.51 bits per heavy atom. The summed E-state index contributed by atoms with van der Waals surface area (Å²) in [5.41, 5.74) is 0.0355. The zero-order valence-corrected chi connectivity index (χ0v) is 22.7. The van der Waals surface area contributed by atoms with Gasteiger partial charge in [0.15, 0.2) is 11.5 Å². The third-order valence-corrected chi connectivity index (χ3v) is 6.48. The van der Waals surface area contributed by atoms with Crippen molar-refractivity contribution >= 4 is 21.9 Å². The van der Waals surface area contributed by atoms with Crippen LogP contribution in [0.1, 0.15) is 27.2 Å². The van der Waals surface area contributed by atoms with Gasteiger partial charge in [-0.1, -0.05) is 6.07 Å². The van der Waals surface area contributed by atoms with Crippen molar-refractivity contribution in [3.8, 4) is 34.4 Å². The lowest BCUT2D eigenvalue weighted by molar-refractivity contribution is 0.0460. The summed E-state index contributed by atoms with van der Waals surface area (Å²) in [6, 6.07) is 13.7. The molecule has 1 N–H and O–H groups in total. The fourth-order valence-corrected chi connectivity index (χ4v) is 4.52. The summed E-state index contributed by atoms with van der Waals surface area (Å²) in [7, 11) is 1.57. The summed E-state index contributed by atoms with van der Waals surface area (Å²) in [4.78, 5) is 39.9. The van der Waals surface area contributed by atoms with Crippen LogP contribution in [0.3, 0.4) is 0 Å². The van der Waals surface area contributed by atoms with Gasteiger partial charge in [-0.05, 0) is 88.9 Å². The lowest BCUT2D eigenvalue weighted by atomic mass is 10.1. The monoisotopic (exact) mass is 595 g/mol. The first-order chi connectivity index (χ1) is 18.7. The lowest BCUT2D eigenvalue weighted by Crippen LogP contribution is -2.36. The number of rotatable bonds is 7. The Bertz CT molecular complexity index is 1690. The first-order valence-electron chi connectivity index (χ1n) is 11.7. The molecule has 1 aromatic heterocycles. The Labute approximate surface area is 230 Å². The van der Waals surface area contributed by atoms with E-state index >= 15 is 0 Å². The molecule has 0 saturated heterocycles. The molecule has 1 aliphatic rings. The van der Waals surface area contributed by atoms with Crippen LogP contribution in [0.4, 0.5) is 0 Å². The number of halogens is 1. The van der Waals surface area contributed by atoms with E-state index in [1.165, 1.54) is 0 Å². The van der Waals surface area contributed by atoms with Gasteiger partial charge in [0.1, 0.15) is 23.9 Å². The Kier molecular flexibility index (Phi) is 7.11. The maximum Gasteiger partial charge on any atom is 0.364 e. The van der Waals surface area contributed by atoms with Crippen LogP contribution in [0.2, 0.25) is 0 Å². The summed E-state index contributed by atoms with van der Waals surface area (Å²) in [6.45, 7) is 3.59. The van der Waals surface area contributed by atoms with Gasteiger partial charge in [-0.15, -0.1) is 0 Å². The number of hydrogen-bond acceptors (Lipinski definition) is 9. The Balaban J connectivity index is 1.39. The zero-order chi connectivity index (χ0) is 27.7. The number of carbonyl (C=O) groups excluding carboxylic acids is 1. The number of aromatic amines is 1. The molecule has 12 heteroatoms. The molecule has 0 amide bonds. The molecule has 200 valence electrons. The number of aromatic nitrogens is 3. The highest BCUT2D eigenvalue weighted by atomic mass is 79.9. The third kappa shape index (κ3) is 5.36. The van der Waals surface area contributed by atoms with Crippen LogP contribution in [0.5, 0.6) is 28.7 Å². The van der Waals surface area contributed by atoms with Crippen LogP contribution in [-0.4, -0.2) is 34.6 Å². The summed E-state index contributed by atoms with van der Waals surface area (Å²) in [5, 5.41) is 4.02. The summed E-state index contributed by atoms with van der Waals surface area (Å²) in [5.74, 6) is 1.96. The predicted molar refractivity (Wildman–Crippen MR) is 142 cm³/mol. The van der Waals surface area contributed by atoms with Crippen LogP contribution in [-0.2, 0) is 11.3 Å². The Hall–Kier alpha value is -4.58. The molecular weight excluding hydrogens is 574 g/mol. The molecule has 0 saturated carbocycles. The van der Waals surface area contributed by atoms with Gasteiger partial charge >= 0.3 is 11.7 Å². The molecule has 0 aliphatic carbocycles. The number of nitrogens with zero attached hydrogens (tertiary/aromatic N) is 2. The first kappa shape index (κ1) is 26.0. The highest BCUT2D eigenvalue weighted by Crippen LogP contribution is 2.35. The highest BCUT2D eigenvalue weighted by molar-refractivity contribution is 9.10. The molecule has 0 fully saturated rings. The Morgan fingerprint density at radius 2 is 1.79 bits per heavy atom. The SMILES string of the molecule is COc1ccc(Oc2c(C)cc(-n3nc(C(=O)OCc4ccc5c(c4)OCO5)c(=O)[nH]c3=O)cc2C)cc1Br. The van der Waals surface area contributed by atoms with Gasteiger partial charge in [-0.2, -0.15) is 9.78 Å². The molecule has 0 spiro atoms. The number of hydrogen-bond donors (Lipinski definition) is 1. The van der Waals surface area contributed by atoms with Gasteiger partial charge in [-0.3, -0.25) is 9.78 Å². The molecule has 5 rings (SSSR count). The summed E-state index contributed by atoms with van der Waals surface area (Å²) in [6.07, 6.45) is 0. The number of esters is 1. The van der Waals surface area contributed by atoms with E-state index in [9.17, 15) is 14.4 Å². The van der Waals surface area contributed by atoms with E-state index in [1.54, 1.807) is 55.6 Å². The minimum atomic E-state index is -0.985. The highest BCUT2D eigenvalue weighted by Gasteiger charge is 2.20. The minimum Gasteiger partial charge on any atom is -0.496 e. The second kappa shape index (κ2) is 10.7. The number of fused-ring (bicyclic) bond motifs is 1. The number of methoxy groups -OCH3 is 1. The molecular formula is C27H22BrN3O8. The minimum absolute atomic E-state index is 0.116. The maximum atomic E-state index is 12.7. The summed E-state index contributed by atoms with van der Waals surface area (Å²) < 4.78 is 28.9. The normalized spacial score (nSPS) is 11.8. The van der Waals surface area contributed by atoms with Gasteiger partial charge in [0.25, 0.3) is 5.56 Å². The number of carbonyl (C=O) groups is 1. The van der Waals surface area contributed by atoms with Crippen molar-refractivity contribution in [1.82, 2.24) is 14.8 Å². The van der Waals surface area contributed by atoms with E-state index in [-0.39, 0.29) is 13.4 Å². The molecule has 2 heterocycles. The van der Waals surface area contributed by atoms with Gasteiger partial charge in [0, 0.05) is 0 Å². The van der Waals surface area contributed by atoms with E-state index in [1.807, 2.05) is 13.8 Å². The first-order valence-corrected chi connectivity index (χ1v) is 12.4. The molecule has 0 atom stereocenters. The largest absolute Gasteiger partial charge is 0.496 e. The molecule has 3 aromatic carbocycles. The van der Waals surface area contributed by atoms with E-state index in [0.29, 0.717) is 51.1 Å². The lowest BCUT2D eigenvalue weighted by Gasteiger charge is -2.15. The van der Waals surface area contributed by atoms with Crippen molar-refractivity contribution in [1.29, 1.82) is 0 Å². The van der Waals surface area contributed by atoms with Gasteiger partial charge < -0.3 is 23.7 Å². The smallest absolute Gasteiger partial charge is 0.364 e. The van der Waals surface area contributed by atoms with Crippen molar-refractivity contribution < 1.29 is 28.5 Å². The van der Waals surface area contributed by atoms with E-state index in [2.05, 4.69) is 26.0 Å². The van der Waals surface area contributed by atoms with Crippen LogP contribution >= 0.6 is 15.9 Å². The van der Waals surface area contributed by atoms with Crippen LogP contribution < -0.4 is 30.2 Å². The zero-order valence-electron chi connectivity index (χ0n) is 21.1. The van der Waals surface area contributed by atoms with Crippen LogP contribution in [0.25, 0.3) is 5.69 Å². The maximum absolute atomic E-state index is 12.7. The van der Waals surface area contributed by atoms with Crippen molar-refractivity contribution in [2.24, 2.45) is 0 Å². The van der Waals surface area contributed by atoms with Gasteiger partial charge in [0.2, 0.25) is 12.5 Å².